The summed E-state index contributed by atoms with van der Waals surface area (Å²) in [5.74, 6) is 1.22. The Morgan fingerprint density at radius 1 is 1.23 bits per heavy atom. The fourth-order valence-corrected chi connectivity index (χ4v) is 3.80. The predicted octanol–water partition coefficient (Wildman–Crippen LogP) is 5.23. The van der Waals surface area contributed by atoms with E-state index >= 15 is 0 Å². The van der Waals surface area contributed by atoms with Crippen molar-refractivity contribution in [2.24, 2.45) is 0 Å². The van der Waals surface area contributed by atoms with Gasteiger partial charge in [-0.25, -0.2) is 0 Å². The maximum absolute atomic E-state index is 12.9. The number of hydrogen-bond donors (Lipinski definition) is 1. The molecule has 0 fully saturated rings. The summed E-state index contributed by atoms with van der Waals surface area (Å²) in [5.41, 5.74) is 2.55. The Morgan fingerprint density at radius 3 is 2.73 bits per heavy atom. The Kier molecular flexibility index (Phi) is 3.93. The third-order valence-electron chi connectivity index (χ3n) is 5.07. The lowest BCUT2D eigenvalue weighted by Gasteiger charge is -2.09. The van der Waals surface area contributed by atoms with Gasteiger partial charge >= 0.3 is 6.18 Å². The summed E-state index contributed by atoms with van der Waals surface area (Å²) < 4.78 is 44.6. The second-order valence-electron chi connectivity index (χ2n) is 6.68. The van der Waals surface area contributed by atoms with Crippen LogP contribution >= 0.6 is 0 Å². The zero-order chi connectivity index (χ0) is 18.5. The van der Waals surface area contributed by atoms with Crippen molar-refractivity contribution < 1.29 is 22.4 Å². The average molecular weight is 361 g/mol. The van der Waals surface area contributed by atoms with Crippen LogP contribution < -0.4 is 5.32 Å². The highest BCUT2D eigenvalue weighted by atomic mass is 19.4. The first kappa shape index (κ1) is 16.9. The minimum absolute atomic E-state index is 0.186. The van der Waals surface area contributed by atoms with E-state index in [2.05, 4.69) is 5.32 Å². The monoisotopic (exact) mass is 361 g/mol. The van der Waals surface area contributed by atoms with Crippen LogP contribution in [0.25, 0.3) is 11.6 Å². The lowest BCUT2D eigenvalue weighted by atomic mass is 9.93. The third-order valence-corrected chi connectivity index (χ3v) is 5.07. The van der Waals surface area contributed by atoms with Crippen LogP contribution in [0.3, 0.4) is 0 Å². The summed E-state index contributed by atoms with van der Waals surface area (Å²) in [5, 5.41) is 2.53. The van der Waals surface area contributed by atoms with E-state index in [1.54, 1.807) is 6.08 Å². The molecule has 0 radical (unpaired) electrons. The molecule has 0 bridgehead atoms. The lowest BCUT2D eigenvalue weighted by molar-refractivity contribution is -0.137. The van der Waals surface area contributed by atoms with E-state index in [1.165, 1.54) is 11.6 Å². The van der Waals surface area contributed by atoms with Gasteiger partial charge in [0.05, 0.1) is 11.1 Å². The first-order valence-electron chi connectivity index (χ1n) is 8.76. The number of carbonyl (C=O) groups is 1. The number of nitrogens with one attached hydrogen (secondary N) is 1. The fraction of sp³-hybridized carbons (Fsp3) is 0.350. The molecular formula is C20H18F3NO2. The number of anilines is 1. The van der Waals surface area contributed by atoms with Gasteiger partial charge in [-0.15, -0.1) is 0 Å². The van der Waals surface area contributed by atoms with Gasteiger partial charge in [0.25, 0.3) is 5.91 Å². The first-order chi connectivity index (χ1) is 12.4. The van der Waals surface area contributed by atoms with Crippen LogP contribution in [0, 0.1) is 0 Å². The normalized spacial score (nSPS) is 18.0. The topological polar surface area (TPSA) is 42.2 Å². The first-order valence-corrected chi connectivity index (χ1v) is 8.76. The van der Waals surface area contributed by atoms with Crippen LogP contribution in [0.15, 0.2) is 22.6 Å². The molecule has 3 nitrogen and oxygen atoms in total. The number of carbonyl (C=O) groups excluding carboxylic acids is 1. The van der Waals surface area contributed by atoms with E-state index in [0.717, 1.165) is 55.6 Å². The highest BCUT2D eigenvalue weighted by Crippen LogP contribution is 2.39. The highest BCUT2D eigenvalue weighted by molar-refractivity contribution is 6.34. The van der Waals surface area contributed by atoms with Crippen LogP contribution in [-0.2, 0) is 30.2 Å². The van der Waals surface area contributed by atoms with E-state index in [-0.39, 0.29) is 5.69 Å². The maximum atomic E-state index is 12.9. The Morgan fingerprint density at radius 2 is 2.00 bits per heavy atom. The molecule has 2 heterocycles. The van der Waals surface area contributed by atoms with Gasteiger partial charge in [0.2, 0.25) is 0 Å². The summed E-state index contributed by atoms with van der Waals surface area (Å²) in [4.78, 5) is 12.3. The molecule has 136 valence electrons. The number of furan rings is 1. The van der Waals surface area contributed by atoms with Crippen LogP contribution in [-0.4, -0.2) is 5.91 Å². The Hall–Kier alpha value is -2.50. The SMILES string of the molecule is CCc1c(C=C2C(=O)Nc3cc(C(F)(F)F)ccc32)oc2c1CCCC2. The number of fused-ring (bicyclic) bond motifs is 2. The number of rotatable bonds is 2. The largest absolute Gasteiger partial charge is 0.461 e. The van der Waals surface area contributed by atoms with Gasteiger partial charge in [-0.05, 0) is 49.5 Å². The van der Waals surface area contributed by atoms with Crippen LogP contribution in [0.5, 0.6) is 0 Å². The maximum Gasteiger partial charge on any atom is 0.416 e. The molecule has 1 aliphatic carbocycles. The van der Waals surface area contributed by atoms with Gasteiger partial charge in [0.1, 0.15) is 11.5 Å². The molecule has 0 atom stereocenters. The molecule has 2 aliphatic rings. The number of aryl methyl sites for hydroxylation is 1. The molecule has 1 aromatic carbocycles. The van der Waals surface area contributed by atoms with Crippen molar-refractivity contribution in [1.29, 1.82) is 0 Å². The molecule has 0 saturated heterocycles. The number of hydrogen-bond acceptors (Lipinski definition) is 2. The zero-order valence-electron chi connectivity index (χ0n) is 14.3. The molecule has 1 N–H and O–H groups in total. The predicted molar refractivity (Wildman–Crippen MR) is 92.7 cm³/mol. The summed E-state index contributed by atoms with van der Waals surface area (Å²) in [6.45, 7) is 2.04. The van der Waals surface area contributed by atoms with Crippen LogP contribution in [0.4, 0.5) is 18.9 Å². The molecule has 26 heavy (non-hydrogen) atoms. The Bertz CT molecular complexity index is 922. The zero-order valence-corrected chi connectivity index (χ0v) is 14.3. The van der Waals surface area contributed by atoms with E-state index in [9.17, 15) is 18.0 Å². The van der Waals surface area contributed by atoms with Crippen LogP contribution in [0.1, 0.15) is 53.5 Å². The minimum atomic E-state index is -4.44. The Labute approximate surface area is 148 Å². The Balaban J connectivity index is 1.78. The van der Waals surface area contributed by atoms with E-state index in [4.69, 9.17) is 4.42 Å². The molecular weight excluding hydrogens is 343 g/mol. The minimum Gasteiger partial charge on any atom is -0.461 e. The van der Waals surface area contributed by atoms with Gasteiger partial charge < -0.3 is 9.73 Å². The van der Waals surface area contributed by atoms with Gasteiger partial charge in [0.15, 0.2) is 0 Å². The lowest BCUT2D eigenvalue weighted by Crippen LogP contribution is -2.06. The van der Waals surface area contributed by atoms with Gasteiger partial charge in [-0.2, -0.15) is 13.2 Å². The number of amides is 1. The van der Waals surface area contributed by atoms with Crippen molar-refractivity contribution >= 4 is 23.2 Å². The van der Waals surface area contributed by atoms with E-state index in [0.29, 0.717) is 16.9 Å². The quantitative estimate of drug-likeness (QED) is 0.744. The standard InChI is InChI=1S/C20H18F3NO2/c1-2-12-14-5-3-4-6-17(14)26-18(12)10-15-13-8-7-11(20(21,22)23)9-16(13)24-19(15)25/h7-10H,2-6H2,1H3,(H,24,25). The van der Waals surface area contributed by atoms with Crippen molar-refractivity contribution in [1.82, 2.24) is 0 Å². The van der Waals surface area contributed by atoms with Gasteiger partial charge in [-0.3, -0.25) is 4.79 Å². The number of halogens is 3. The summed E-state index contributed by atoms with van der Waals surface area (Å²) >= 11 is 0. The molecule has 0 saturated carbocycles. The smallest absolute Gasteiger partial charge is 0.416 e. The molecule has 4 rings (SSSR count). The highest BCUT2D eigenvalue weighted by Gasteiger charge is 2.34. The van der Waals surface area contributed by atoms with Crippen molar-refractivity contribution in [2.75, 3.05) is 5.32 Å². The van der Waals surface area contributed by atoms with Gasteiger partial charge in [-0.1, -0.05) is 13.0 Å². The van der Waals surface area contributed by atoms with E-state index in [1.807, 2.05) is 6.92 Å². The fourth-order valence-electron chi connectivity index (χ4n) is 3.80. The van der Waals surface area contributed by atoms with Crippen molar-refractivity contribution in [3.63, 3.8) is 0 Å². The van der Waals surface area contributed by atoms with Crippen molar-refractivity contribution in [3.8, 4) is 0 Å². The molecule has 0 spiro atoms. The van der Waals surface area contributed by atoms with Gasteiger partial charge in [0, 0.05) is 23.2 Å². The molecule has 2 aromatic rings. The molecule has 0 unspecified atom stereocenters. The second-order valence-corrected chi connectivity index (χ2v) is 6.68. The van der Waals surface area contributed by atoms with Crippen molar-refractivity contribution in [3.05, 3.63) is 52.0 Å². The van der Waals surface area contributed by atoms with Crippen LogP contribution in [0.2, 0.25) is 0 Å². The molecule has 6 heteroatoms. The molecule has 1 aromatic heterocycles. The molecule has 1 aliphatic heterocycles. The van der Waals surface area contributed by atoms with E-state index < -0.39 is 17.6 Å². The number of benzene rings is 1. The second kappa shape index (κ2) is 6.04. The molecule has 1 amide bonds. The average Bonchev–Trinajstić information content (AvgIpc) is 3.11. The van der Waals surface area contributed by atoms with Crippen molar-refractivity contribution in [2.45, 2.75) is 45.2 Å². The summed E-state index contributed by atoms with van der Waals surface area (Å²) in [7, 11) is 0. The summed E-state index contributed by atoms with van der Waals surface area (Å²) in [6, 6.07) is 3.32. The number of alkyl halides is 3. The summed E-state index contributed by atoms with van der Waals surface area (Å²) in [6.07, 6.45) is 2.10. The third kappa shape index (κ3) is 2.73.